The molecular formula is C34H41ClN4O4. The number of piperazine rings is 1. The summed E-state index contributed by atoms with van der Waals surface area (Å²) in [6.45, 7) is 6.40. The van der Waals surface area contributed by atoms with E-state index in [1.807, 2.05) is 71.6 Å². The van der Waals surface area contributed by atoms with E-state index < -0.39 is 6.04 Å². The molecule has 1 aliphatic heterocycles. The van der Waals surface area contributed by atoms with Crippen LogP contribution in [0.1, 0.15) is 42.9 Å². The van der Waals surface area contributed by atoms with Crippen LogP contribution in [0, 0.1) is 0 Å². The summed E-state index contributed by atoms with van der Waals surface area (Å²) in [5.41, 5.74) is 3.88. The molecule has 0 bridgehead atoms. The second-order valence-electron chi connectivity index (χ2n) is 11.0. The Balaban J connectivity index is 1.20. The van der Waals surface area contributed by atoms with Crippen molar-refractivity contribution in [1.82, 2.24) is 15.5 Å². The summed E-state index contributed by atoms with van der Waals surface area (Å²) in [6.07, 6.45) is 2.68. The Hall–Kier alpha value is -3.43. The number of ether oxygens (including phenoxy) is 2. The van der Waals surface area contributed by atoms with Gasteiger partial charge in [-0.1, -0.05) is 61.0 Å². The smallest absolute Gasteiger partial charge is 0.247 e. The molecule has 0 radical (unpaired) electrons. The SMILES string of the molecule is CCNCc1ccc(Cl)c(CN(C(=O)[C@H]2CNCC(=O)N2c2ccc(OCCCOCc3ccccc3)cc2)C2CC2)c1. The lowest BCUT2D eigenvalue weighted by Crippen LogP contribution is -2.61. The molecule has 3 aromatic carbocycles. The van der Waals surface area contributed by atoms with E-state index in [9.17, 15) is 9.59 Å². The molecule has 0 spiro atoms. The maximum Gasteiger partial charge on any atom is 0.247 e. The number of benzene rings is 3. The summed E-state index contributed by atoms with van der Waals surface area (Å²) in [5, 5.41) is 7.13. The molecule has 2 amide bonds. The number of carbonyl (C=O) groups is 2. The molecule has 43 heavy (non-hydrogen) atoms. The van der Waals surface area contributed by atoms with Crippen LogP contribution in [0.3, 0.4) is 0 Å². The van der Waals surface area contributed by atoms with Crippen LogP contribution >= 0.6 is 11.6 Å². The predicted octanol–water partition coefficient (Wildman–Crippen LogP) is 4.93. The van der Waals surface area contributed by atoms with Gasteiger partial charge in [-0.2, -0.15) is 0 Å². The van der Waals surface area contributed by atoms with Crippen molar-refractivity contribution < 1.29 is 19.1 Å². The number of carbonyl (C=O) groups excluding carboxylic acids is 2. The number of hydrogen-bond acceptors (Lipinski definition) is 6. The number of nitrogens with zero attached hydrogens (tertiary/aromatic N) is 2. The lowest BCUT2D eigenvalue weighted by atomic mass is 10.1. The maximum absolute atomic E-state index is 14.1. The first-order chi connectivity index (χ1) is 21.0. The molecule has 0 unspecified atom stereocenters. The molecule has 9 heteroatoms. The molecule has 2 aliphatic rings. The zero-order valence-corrected chi connectivity index (χ0v) is 25.5. The molecule has 2 N–H and O–H groups in total. The third-order valence-corrected chi connectivity index (χ3v) is 8.08. The molecule has 228 valence electrons. The number of anilines is 1. The van der Waals surface area contributed by atoms with Crippen LogP contribution in [-0.4, -0.2) is 61.6 Å². The third kappa shape index (κ3) is 8.57. The van der Waals surface area contributed by atoms with Crippen molar-refractivity contribution in [3.05, 3.63) is 94.5 Å². The van der Waals surface area contributed by atoms with E-state index in [2.05, 4.69) is 23.6 Å². The van der Waals surface area contributed by atoms with Crippen LogP contribution in [0.2, 0.25) is 5.02 Å². The summed E-state index contributed by atoms with van der Waals surface area (Å²) in [4.78, 5) is 30.8. The quantitative estimate of drug-likeness (QED) is 0.239. The average Bonchev–Trinajstić information content (AvgIpc) is 3.88. The van der Waals surface area contributed by atoms with Crippen LogP contribution in [-0.2, 0) is 34.0 Å². The number of halogens is 1. The van der Waals surface area contributed by atoms with Crippen LogP contribution in [0.4, 0.5) is 5.69 Å². The van der Waals surface area contributed by atoms with E-state index in [-0.39, 0.29) is 24.4 Å². The molecule has 3 aromatic rings. The van der Waals surface area contributed by atoms with Gasteiger partial charge >= 0.3 is 0 Å². The van der Waals surface area contributed by atoms with E-state index in [0.717, 1.165) is 49.0 Å². The van der Waals surface area contributed by atoms with Gasteiger partial charge in [0.1, 0.15) is 11.8 Å². The molecule has 1 aliphatic carbocycles. The monoisotopic (exact) mass is 604 g/mol. The Morgan fingerprint density at radius 3 is 2.58 bits per heavy atom. The van der Waals surface area contributed by atoms with Crippen molar-refractivity contribution >= 4 is 29.1 Å². The van der Waals surface area contributed by atoms with E-state index >= 15 is 0 Å². The fourth-order valence-corrected chi connectivity index (χ4v) is 5.46. The minimum Gasteiger partial charge on any atom is -0.494 e. The standard InChI is InChI=1S/C34H41ClN4O4/c1-2-36-20-26-9-16-31(35)27(19-26)23-38(28-10-11-28)34(41)32-21-37-22-33(40)39(32)29-12-14-30(15-13-29)43-18-6-17-42-24-25-7-4-3-5-8-25/h3-5,7-9,12-16,19,28,32,36-37H,2,6,10-11,17-18,20-24H2,1H3/t32-/m1/s1. The predicted molar refractivity (Wildman–Crippen MR) is 169 cm³/mol. The van der Waals surface area contributed by atoms with Crippen LogP contribution in [0.5, 0.6) is 5.75 Å². The van der Waals surface area contributed by atoms with Gasteiger partial charge in [0.15, 0.2) is 0 Å². The molecule has 5 rings (SSSR count). The van der Waals surface area contributed by atoms with Gasteiger partial charge in [0, 0.05) is 42.8 Å². The van der Waals surface area contributed by atoms with Gasteiger partial charge in [0.2, 0.25) is 11.8 Å². The van der Waals surface area contributed by atoms with Crippen molar-refractivity contribution in [2.24, 2.45) is 0 Å². The van der Waals surface area contributed by atoms with E-state index in [1.165, 1.54) is 0 Å². The number of amides is 2. The first kappa shape index (κ1) is 31.0. The summed E-state index contributed by atoms with van der Waals surface area (Å²) in [7, 11) is 0. The molecule has 8 nitrogen and oxygen atoms in total. The van der Waals surface area contributed by atoms with Gasteiger partial charge in [0.05, 0.1) is 26.4 Å². The van der Waals surface area contributed by atoms with Crippen molar-refractivity contribution in [1.29, 1.82) is 0 Å². The molecule has 1 saturated heterocycles. The second kappa shape index (κ2) is 15.3. The summed E-state index contributed by atoms with van der Waals surface area (Å²) < 4.78 is 11.6. The summed E-state index contributed by atoms with van der Waals surface area (Å²) in [6, 6.07) is 23.0. The normalized spacial score (nSPS) is 16.7. The zero-order chi connectivity index (χ0) is 30.0. The Morgan fingerprint density at radius 1 is 1.05 bits per heavy atom. The minimum absolute atomic E-state index is 0.0629. The van der Waals surface area contributed by atoms with Gasteiger partial charge in [-0.25, -0.2) is 0 Å². The molecular weight excluding hydrogens is 564 g/mol. The minimum atomic E-state index is -0.640. The summed E-state index contributed by atoms with van der Waals surface area (Å²) in [5.74, 6) is 0.520. The highest BCUT2D eigenvalue weighted by Crippen LogP contribution is 2.32. The molecule has 1 atom stereocenters. The van der Waals surface area contributed by atoms with Crippen molar-refractivity contribution in [3.63, 3.8) is 0 Å². The van der Waals surface area contributed by atoms with Gasteiger partial charge in [-0.05, 0) is 66.4 Å². The van der Waals surface area contributed by atoms with E-state index in [0.29, 0.717) is 49.4 Å². The fourth-order valence-electron chi connectivity index (χ4n) is 5.28. The third-order valence-electron chi connectivity index (χ3n) is 7.71. The van der Waals surface area contributed by atoms with Crippen LogP contribution in [0.15, 0.2) is 72.8 Å². The highest BCUT2D eigenvalue weighted by Gasteiger charge is 2.41. The molecule has 2 fully saturated rings. The zero-order valence-electron chi connectivity index (χ0n) is 24.8. The van der Waals surface area contributed by atoms with Crippen molar-refractivity contribution in [2.75, 3.05) is 37.7 Å². The van der Waals surface area contributed by atoms with E-state index in [1.54, 1.807) is 4.90 Å². The summed E-state index contributed by atoms with van der Waals surface area (Å²) >= 11 is 6.58. The first-order valence-corrected chi connectivity index (χ1v) is 15.6. The van der Waals surface area contributed by atoms with Crippen molar-refractivity contribution in [3.8, 4) is 5.75 Å². The van der Waals surface area contributed by atoms with Gasteiger partial charge < -0.3 is 25.0 Å². The van der Waals surface area contributed by atoms with Crippen LogP contribution in [0.25, 0.3) is 0 Å². The number of hydrogen-bond donors (Lipinski definition) is 2. The van der Waals surface area contributed by atoms with Gasteiger partial charge in [-0.15, -0.1) is 0 Å². The van der Waals surface area contributed by atoms with E-state index in [4.69, 9.17) is 21.1 Å². The number of rotatable bonds is 15. The fraction of sp³-hybridized carbons (Fsp3) is 0.412. The lowest BCUT2D eigenvalue weighted by Gasteiger charge is -2.38. The first-order valence-electron chi connectivity index (χ1n) is 15.2. The molecule has 1 heterocycles. The molecule has 1 saturated carbocycles. The van der Waals surface area contributed by atoms with Gasteiger partial charge in [0.25, 0.3) is 0 Å². The Labute approximate surface area is 259 Å². The Kier molecular flexibility index (Phi) is 11.1. The average molecular weight is 605 g/mol. The Morgan fingerprint density at radius 2 is 1.84 bits per heavy atom. The highest BCUT2D eigenvalue weighted by atomic mass is 35.5. The highest BCUT2D eigenvalue weighted by molar-refractivity contribution is 6.31. The second-order valence-corrected chi connectivity index (χ2v) is 11.5. The molecule has 0 aromatic heterocycles. The lowest BCUT2D eigenvalue weighted by molar-refractivity contribution is -0.136. The Bertz CT molecular complexity index is 1350. The van der Waals surface area contributed by atoms with Gasteiger partial charge in [-0.3, -0.25) is 14.5 Å². The van der Waals surface area contributed by atoms with Crippen molar-refractivity contribution in [2.45, 2.75) is 58.0 Å². The number of nitrogens with one attached hydrogen (secondary N) is 2. The van der Waals surface area contributed by atoms with Crippen LogP contribution < -0.4 is 20.3 Å². The maximum atomic E-state index is 14.1. The largest absolute Gasteiger partial charge is 0.494 e. The topological polar surface area (TPSA) is 83.1 Å².